The number of benzene rings is 2. The van der Waals surface area contributed by atoms with Crippen molar-refractivity contribution in [2.75, 3.05) is 0 Å². The third-order valence-corrected chi connectivity index (χ3v) is 4.93. The number of rotatable bonds is 7. The minimum atomic E-state index is -0.446. The van der Waals surface area contributed by atoms with Gasteiger partial charge in [0, 0.05) is 23.6 Å². The second-order valence-corrected chi connectivity index (χ2v) is 7.15. The lowest BCUT2D eigenvalue weighted by molar-refractivity contribution is -0.384. The van der Waals surface area contributed by atoms with Gasteiger partial charge in [-0.05, 0) is 36.8 Å². The molecule has 1 aromatic heterocycles. The molecule has 27 heavy (non-hydrogen) atoms. The summed E-state index contributed by atoms with van der Waals surface area (Å²) in [6.07, 6.45) is 3.09. The first-order valence-corrected chi connectivity index (χ1v) is 9.03. The highest BCUT2D eigenvalue weighted by Gasteiger charge is 2.15. The fourth-order valence-electron chi connectivity index (χ4n) is 2.35. The van der Waals surface area contributed by atoms with Crippen molar-refractivity contribution < 1.29 is 9.72 Å². The Balaban J connectivity index is 1.51. The lowest BCUT2D eigenvalue weighted by Crippen LogP contribution is -2.30. The maximum Gasteiger partial charge on any atom is 0.269 e. The van der Waals surface area contributed by atoms with Crippen molar-refractivity contribution in [2.45, 2.75) is 23.6 Å². The summed E-state index contributed by atoms with van der Waals surface area (Å²) in [6, 6.07) is 13.8. The molecule has 0 saturated heterocycles. The summed E-state index contributed by atoms with van der Waals surface area (Å²) in [4.78, 5) is 27.2. The number of carbonyl (C=O) groups is 1. The molecule has 0 bridgehead atoms. The second kappa shape index (κ2) is 8.45. The van der Waals surface area contributed by atoms with Crippen molar-refractivity contribution in [3.8, 4) is 5.69 Å². The van der Waals surface area contributed by atoms with Crippen molar-refractivity contribution >= 4 is 23.4 Å². The van der Waals surface area contributed by atoms with Crippen LogP contribution in [0, 0.1) is 10.1 Å². The average molecular weight is 383 g/mol. The van der Waals surface area contributed by atoms with E-state index >= 15 is 0 Å². The Morgan fingerprint density at radius 3 is 2.52 bits per heavy atom. The third-order valence-electron chi connectivity index (χ3n) is 3.82. The van der Waals surface area contributed by atoms with Crippen molar-refractivity contribution in [3.05, 3.63) is 76.9 Å². The van der Waals surface area contributed by atoms with Crippen molar-refractivity contribution in [1.82, 2.24) is 20.1 Å². The van der Waals surface area contributed by atoms with Crippen molar-refractivity contribution in [1.29, 1.82) is 0 Å². The van der Waals surface area contributed by atoms with Crippen LogP contribution in [0.5, 0.6) is 0 Å². The molecule has 1 heterocycles. The number of aromatic nitrogens is 3. The first-order valence-electron chi connectivity index (χ1n) is 8.15. The Hall–Kier alpha value is -3.20. The lowest BCUT2D eigenvalue weighted by Gasteiger charge is -2.12. The number of hydrogen-bond acceptors (Lipinski definition) is 6. The number of carbonyl (C=O) groups excluding carboxylic acids is 1. The monoisotopic (exact) mass is 383 g/mol. The van der Waals surface area contributed by atoms with Gasteiger partial charge in [0.05, 0.1) is 15.9 Å². The van der Waals surface area contributed by atoms with Gasteiger partial charge in [-0.1, -0.05) is 12.1 Å². The maximum atomic E-state index is 12.3. The Morgan fingerprint density at radius 2 is 1.93 bits per heavy atom. The zero-order valence-corrected chi connectivity index (χ0v) is 15.3. The van der Waals surface area contributed by atoms with E-state index in [2.05, 4.69) is 15.4 Å². The summed E-state index contributed by atoms with van der Waals surface area (Å²) >= 11 is 1.35. The molecule has 2 aromatic carbocycles. The summed E-state index contributed by atoms with van der Waals surface area (Å²) in [7, 11) is 0. The van der Waals surface area contributed by atoms with Crippen molar-refractivity contribution in [3.63, 3.8) is 0 Å². The minimum Gasteiger partial charge on any atom is -0.351 e. The van der Waals surface area contributed by atoms with E-state index in [0.717, 1.165) is 16.1 Å². The van der Waals surface area contributed by atoms with E-state index in [0.29, 0.717) is 6.54 Å². The molecule has 0 aliphatic rings. The number of nitrogens with one attached hydrogen (secondary N) is 1. The molecule has 0 radical (unpaired) electrons. The number of amides is 1. The van der Waals surface area contributed by atoms with E-state index < -0.39 is 4.92 Å². The number of nitro benzene ring substituents is 1. The summed E-state index contributed by atoms with van der Waals surface area (Å²) in [5.41, 5.74) is 1.90. The van der Waals surface area contributed by atoms with Gasteiger partial charge >= 0.3 is 0 Å². The van der Waals surface area contributed by atoms with Crippen LogP contribution in [0.1, 0.15) is 12.5 Å². The molecule has 0 aliphatic heterocycles. The molecule has 0 aliphatic carbocycles. The van der Waals surface area contributed by atoms with Crippen LogP contribution in [0.2, 0.25) is 0 Å². The number of nitrogens with zero attached hydrogens (tertiary/aromatic N) is 4. The van der Waals surface area contributed by atoms with E-state index in [1.165, 1.54) is 30.2 Å². The highest BCUT2D eigenvalue weighted by atomic mass is 32.2. The first kappa shape index (κ1) is 18.6. The molecule has 1 atom stereocenters. The largest absolute Gasteiger partial charge is 0.351 e. The quantitative estimate of drug-likeness (QED) is 0.382. The maximum absolute atomic E-state index is 12.3. The highest BCUT2D eigenvalue weighted by molar-refractivity contribution is 8.00. The van der Waals surface area contributed by atoms with Crippen LogP contribution in [0.25, 0.3) is 5.69 Å². The minimum absolute atomic E-state index is 0.0331. The van der Waals surface area contributed by atoms with Gasteiger partial charge in [-0.15, -0.1) is 11.8 Å². The predicted molar refractivity (Wildman–Crippen MR) is 102 cm³/mol. The van der Waals surface area contributed by atoms with Gasteiger partial charge in [0.15, 0.2) is 0 Å². The van der Waals surface area contributed by atoms with Crippen LogP contribution >= 0.6 is 11.8 Å². The second-order valence-electron chi connectivity index (χ2n) is 5.74. The number of non-ortho nitro benzene ring substituents is 1. The molecule has 0 saturated carbocycles. The molecule has 9 heteroatoms. The van der Waals surface area contributed by atoms with Crippen molar-refractivity contribution in [2.24, 2.45) is 0 Å². The van der Waals surface area contributed by atoms with Gasteiger partial charge < -0.3 is 5.32 Å². The van der Waals surface area contributed by atoms with Gasteiger partial charge in [-0.25, -0.2) is 9.67 Å². The molecule has 8 nitrogen and oxygen atoms in total. The fourth-order valence-corrected chi connectivity index (χ4v) is 3.24. The summed E-state index contributed by atoms with van der Waals surface area (Å²) in [5, 5.41) is 17.3. The molecule has 138 valence electrons. The zero-order valence-electron chi connectivity index (χ0n) is 14.5. The van der Waals surface area contributed by atoms with E-state index in [-0.39, 0.29) is 16.8 Å². The van der Waals surface area contributed by atoms with E-state index in [1.807, 2.05) is 24.3 Å². The zero-order chi connectivity index (χ0) is 19.2. The first-order chi connectivity index (χ1) is 13.0. The Kier molecular flexibility index (Phi) is 5.82. The number of hydrogen-bond donors (Lipinski definition) is 1. The van der Waals surface area contributed by atoms with Crippen LogP contribution in [0.15, 0.2) is 66.1 Å². The molecule has 0 fully saturated rings. The fraction of sp³-hybridized carbons (Fsp3) is 0.167. The topological polar surface area (TPSA) is 103 Å². The number of nitro groups is 1. The van der Waals surface area contributed by atoms with Gasteiger partial charge in [0.1, 0.15) is 12.7 Å². The smallest absolute Gasteiger partial charge is 0.269 e. The molecule has 1 unspecified atom stereocenters. The Morgan fingerprint density at radius 1 is 1.22 bits per heavy atom. The van der Waals surface area contributed by atoms with Crippen LogP contribution in [0.4, 0.5) is 5.69 Å². The Bertz CT molecular complexity index is 911. The summed E-state index contributed by atoms with van der Waals surface area (Å²) in [5.74, 6) is -0.0984. The third kappa shape index (κ3) is 4.91. The van der Waals surface area contributed by atoms with Gasteiger partial charge in [-0.2, -0.15) is 5.10 Å². The summed E-state index contributed by atoms with van der Waals surface area (Å²) in [6.45, 7) is 2.22. The van der Waals surface area contributed by atoms with E-state index in [9.17, 15) is 14.9 Å². The molecule has 1 amide bonds. The van der Waals surface area contributed by atoms with Crippen LogP contribution in [0.3, 0.4) is 0 Å². The highest BCUT2D eigenvalue weighted by Crippen LogP contribution is 2.25. The lowest BCUT2D eigenvalue weighted by atomic mass is 10.2. The predicted octanol–water partition coefficient (Wildman–Crippen LogP) is 2.97. The molecule has 3 rings (SSSR count). The summed E-state index contributed by atoms with van der Waals surface area (Å²) < 4.78 is 1.66. The van der Waals surface area contributed by atoms with Crippen LogP contribution in [-0.4, -0.2) is 30.8 Å². The molecule has 0 spiro atoms. The molecule has 3 aromatic rings. The SMILES string of the molecule is CC(Sc1ccc([N+](=O)[O-])cc1)C(=O)NCc1ccc(-n2cncn2)cc1. The molecular formula is C18H17N5O3S. The van der Waals surface area contributed by atoms with Gasteiger partial charge in [0.25, 0.3) is 5.69 Å². The van der Waals surface area contributed by atoms with Crippen LogP contribution < -0.4 is 5.32 Å². The van der Waals surface area contributed by atoms with Crippen LogP contribution in [-0.2, 0) is 11.3 Å². The molecular weight excluding hydrogens is 366 g/mol. The average Bonchev–Trinajstić information content (AvgIpc) is 3.21. The normalized spacial score (nSPS) is 11.7. The van der Waals surface area contributed by atoms with Gasteiger partial charge in [0.2, 0.25) is 5.91 Å². The molecule has 1 N–H and O–H groups in total. The Labute approximate surface area is 159 Å². The number of thioether (sulfide) groups is 1. The standard InChI is InChI=1S/C18H17N5O3S/c1-13(27-17-8-6-16(7-9-17)23(25)26)18(24)20-10-14-2-4-15(5-3-14)22-12-19-11-21-22/h2-9,11-13H,10H2,1H3,(H,20,24). The van der Waals surface area contributed by atoms with E-state index in [1.54, 1.807) is 30.1 Å². The van der Waals surface area contributed by atoms with Gasteiger partial charge in [-0.3, -0.25) is 14.9 Å². The van der Waals surface area contributed by atoms with E-state index in [4.69, 9.17) is 0 Å².